The molecule has 4 saturated carbocycles. The number of pyridine rings is 1. The van der Waals surface area contributed by atoms with Crippen molar-refractivity contribution in [2.75, 3.05) is 37.0 Å². The zero-order valence-electron chi connectivity index (χ0n) is 73.9. The number of terminal acetylenes is 1. The van der Waals surface area contributed by atoms with E-state index in [0.717, 1.165) is 206 Å². The molecule has 13 aromatic heterocycles. The van der Waals surface area contributed by atoms with Gasteiger partial charge >= 0.3 is 5.97 Å². The number of amides is 1. The van der Waals surface area contributed by atoms with E-state index in [1.165, 1.54) is 46.9 Å². The molecule has 0 saturated heterocycles. The summed E-state index contributed by atoms with van der Waals surface area (Å²) in [6, 6.07) is 47.5. The lowest BCUT2D eigenvalue weighted by Crippen LogP contribution is -2.32. The van der Waals surface area contributed by atoms with Gasteiger partial charge in [-0.3, -0.25) is 41.8 Å². The van der Waals surface area contributed by atoms with Gasteiger partial charge in [-0.05, 0) is 204 Å². The van der Waals surface area contributed by atoms with E-state index >= 15 is 0 Å². The van der Waals surface area contributed by atoms with Crippen molar-refractivity contribution in [3.8, 4) is 55.4 Å². The van der Waals surface area contributed by atoms with Gasteiger partial charge in [-0.2, -0.15) is 0 Å². The van der Waals surface area contributed by atoms with Gasteiger partial charge in [-0.15, -0.1) is 40.4 Å². The molecule has 4 aliphatic rings. The molecule has 24 nitrogen and oxygen atoms in total. The molecule has 4 fully saturated rings. The standard InChI is InChI=1S/C30H27N5O.C28H27N5OS.C24H27N5OS.C22H22N4O2S/c1-2-20-9-6-10-23-18-24(33-26(20)23)27-28-29(31)32-15-16-35(28)30(34-27)22-13-11-21(12-14-22)25(36)17-19-7-4-3-5-8-19;1-17-4-2-6-21-15-23(35-26(17)21)24-25-27(29)31-12-13-33(25)28(32-24)20-9-7-19(8-10-20)22(34)14-18-5-3-11-30-16-18;1-14-5-4-6-17-13-18(31-21(14)17)19-20-22(25)26-11-12-29(20)23(27-19)15-7-9-16(10-8-15)24(30)28(2)3;1-12-3-2-4-15-11-16(29-19(12)15)17-18-20(23)24-9-10-26(18)21(25-17)13-5-7-14(8-6-13)22(27)28/h1,3-10,15-16,18,21-22,33H,11-14,17H2,(H2,31,32);2-6,11-13,15-16,19-20H,7-10,14H2,1H3,(H2,29,31);4-6,11-13,15-16H,7-10H2,1-3H3,(H2,25,26);2-4,9-11,13-14H,5-8H2,1H3,(H2,23,24)(H,27,28). The number of nitrogens with zero attached hydrogens (tertiary/aromatic N) is 14. The molecule has 0 aliphatic heterocycles. The number of nitrogen functional groups attached to an aromatic ring is 4. The average Bonchev–Trinajstić information content (AvgIpc) is 1.62. The quantitative estimate of drug-likeness (QED) is 0.0489. The maximum Gasteiger partial charge on any atom is 0.306 e. The molecule has 0 radical (unpaired) electrons. The first-order valence-corrected chi connectivity index (χ1v) is 47.6. The fourth-order valence-electron chi connectivity index (χ4n) is 20.3. The number of thiophene rings is 3. The fourth-order valence-corrected chi connectivity index (χ4v) is 23.6. The van der Waals surface area contributed by atoms with Gasteiger partial charge in [0.2, 0.25) is 5.91 Å². The number of carboxylic acids is 1. The highest BCUT2D eigenvalue weighted by Crippen LogP contribution is 2.48. The molecule has 131 heavy (non-hydrogen) atoms. The number of carbonyl (C=O) groups excluding carboxylic acids is 3. The number of nitrogens with two attached hydrogens (primary N) is 4. The predicted octanol–water partition coefficient (Wildman–Crippen LogP) is 21.2. The number of hydrogen-bond acceptors (Lipinski definition) is 20. The number of Topliss-reactive ketones (excluding diaryl/α,β-unsaturated/α-hetero) is 2. The van der Waals surface area contributed by atoms with Crippen molar-refractivity contribution < 1.29 is 24.3 Å². The summed E-state index contributed by atoms with van der Waals surface area (Å²) in [6.45, 7) is 6.40. The van der Waals surface area contributed by atoms with Gasteiger partial charge in [0.25, 0.3) is 0 Å². The van der Waals surface area contributed by atoms with Crippen molar-refractivity contribution in [3.63, 3.8) is 0 Å². The first kappa shape index (κ1) is 86.6. The summed E-state index contributed by atoms with van der Waals surface area (Å²) in [7, 11) is 3.68. The number of carbonyl (C=O) groups is 4. The number of fused-ring (bicyclic) bond motifs is 8. The molecule has 10 N–H and O–H groups in total. The van der Waals surface area contributed by atoms with Gasteiger partial charge in [0.1, 0.15) is 103 Å². The molecule has 0 spiro atoms. The molecule has 27 heteroatoms. The molecule has 0 atom stereocenters. The number of rotatable bonds is 16. The third-order valence-corrected chi connectivity index (χ3v) is 31.1. The van der Waals surface area contributed by atoms with E-state index < -0.39 is 5.97 Å². The van der Waals surface area contributed by atoms with Crippen LogP contribution in [0.5, 0.6) is 0 Å². The number of H-pyrrole nitrogens is 1. The van der Waals surface area contributed by atoms with Crippen molar-refractivity contribution in [2.24, 2.45) is 23.7 Å². The summed E-state index contributed by atoms with van der Waals surface area (Å²) in [5.74, 6) is 10.0. The van der Waals surface area contributed by atoms with Crippen LogP contribution in [0.3, 0.4) is 0 Å². The van der Waals surface area contributed by atoms with Crippen molar-refractivity contribution in [1.82, 2.24) is 72.3 Å². The van der Waals surface area contributed by atoms with E-state index in [1.807, 2.05) is 99.5 Å². The molecule has 18 aromatic rings. The van der Waals surface area contributed by atoms with Gasteiger partial charge < -0.3 is 37.9 Å². The monoisotopic (exact) mass is 1790 g/mol. The van der Waals surface area contributed by atoms with Crippen LogP contribution in [0.25, 0.3) is 106 Å². The average molecular weight is 1800 g/mol. The van der Waals surface area contributed by atoms with E-state index in [0.29, 0.717) is 66.4 Å². The highest BCUT2D eigenvalue weighted by Gasteiger charge is 2.37. The summed E-state index contributed by atoms with van der Waals surface area (Å²) >= 11 is 5.24. The van der Waals surface area contributed by atoms with Crippen molar-refractivity contribution in [2.45, 2.75) is 160 Å². The number of carboxylic acid groups (broad SMARTS) is 1. The number of imidazole rings is 4. The Morgan fingerprint density at radius 1 is 0.427 bits per heavy atom. The molecule has 0 bridgehead atoms. The summed E-state index contributed by atoms with van der Waals surface area (Å²) in [6.07, 6.45) is 38.9. The highest BCUT2D eigenvalue weighted by molar-refractivity contribution is 7.23. The van der Waals surface area contributed by atoms with Gasteiger partial charge in [0.05, 0.1) is 31.8 Å². The third-order valence-electron chi connectivity index (χ3n) is 27.2. The second-order valence-corrected chi connectivity index (χ2v) is 38.9. The van der Waals surface area contributed by atoms with Gasteiger partial charge in [-0.25, -0.2) is 39.9 Å². The molecule has 5 aromatic carbocycles. The number of para-hydroxylation sites is 1. The van der Waals surface area contributed by atoms with Crippen LogP contribution in [-0.2, 0) is 32.0 Å². The Bertz CT molecular complexity index is 7400. The number of anilines is 4. The fraction of sp³-hybridized carbons (Fsp3) is 0.298. The number of aliphatic carboxylic acids is 1. The Hall–Kier alpha value is -13.8. The number of nitrogens with one attached hydrogen (secondary N) is 1. The Balaban J connectivity index is 0.000000113. The molecule has 4 aliphatic carbocycles. The predicted molar refractivity (Wildman–Crippen MR) is 525 cm³/mol. The van der Waals surface area contributed by atoms with Crippen LogP contribution < -0.4 is 22.9 Å². The summed E-state index contributed by atoms with van der Waals surface area (Å²) in [4.78, 5) is 100.0. The molecule has 0 unspecified atom stereocenters. The number of ketones is 2. The molecular formula is C104H103N19O5S3. The first-order valence-electron chi connectivity index (χ1n) is 45.2. The smallest absolute Gasteiger partial charge is 0.306 e. The molecule has 22 rings (SSSR count). The SMILES string of the molecule is C#Cc1cccc2cc(-c3nc(C4CCC(C(=O)Cc5ccccc5)CC4)n4ccnc(N)c34)[nH]c12.Cc1cccc2cc(-c3nc(C4CCC(C(=O)Cc5cccnc5)CC4)n4ccnc(N)c34)sc12.Cc1cccc2cc(-c3nc(C4CCC(C(=O)N(C)C)CC4)n4ccnc(N)c34)sc12.Cc1cccc2cc(-c3nc(C4CCC(C(=O)O)CC4)n4ccnc(N)c34)sc12. The normalized spacial score (nSPS) is 18.7. The van der Waals surface area contributed by atoms with E-state index in [2.05, 4.69) is 153 Å². The first-order chi connectivity index (χ1) is 63.7. The van der Waals surface area contributed by atoms with Crippen LogP contribution in [0, 0.1) is 56.8 Å². The molecule has 13 heterocycles. The number of aromatic amines is 1. The van der Waals surface area contributed by atoms with Crippen molar-refractivity contribution in [1.29, 1.82) is 0 Å². The molecule has 1 amide bonds. The summed E-state index contributed by atoms with van der Waals surface area (Å²) in [5.41, 5.74) is 40.7. The maximum absolute atomic E-state index is 12.9. The minimum Gasteiger partial charge on any atom is -0.481 e. The van der Waals surface area contributed by atoms with Crippen molar-refractivity contribution >= 4 is 144 Å². The van der Waals surface area contributed by atoms with Crippen LogP contribution in [-0.4, -0.2) is 115 Å². The Kier molecular flexibility index (Phi) is 24.4. The third kappa shape index (κ3) is 17.3. The minimum atomic E-state index is -0.689. The second-order valence-electron chi connectivity index (χ2n) is 35.7. The molecular weight excluding hydrogens is 1690 g/mol. The van der Waals surface area contributed by atoms with Crippen LogP contribution in [0.1, 0.15) is 183 Å². The summed E-state index contributed by atoms with van der Waals surface area (Å²) < 4.78 is 12.2. The Labute approximate surface area is 769 Å². The lowest BCUT2D eigenvalue weighted by molar-refractivity contribution is -0.143. The van der Waals surface area contributed by atoms with E-state index in [4.69, 9.17) is 49.3 Å². The number of aromatic nitrogens is 14. The van der Waals surface area contributed by atoms with Crippen LogP contribution in [0.15, 0.2) is 201 Å². The second kappa shape index (κ2) is 37.0. The van der Waals surface area contributed by atoms with E-state index in [-0.39, 0.29) is 47.3 Å². The van der Waals surface area contributed by atoms with E-state index in [9.17, 15) is 24.3 Å². The maximum atomic E-state index is 12.9. The topological polar surface area (TPSA) is 345 Å². The summed E-state index contributed by atoms with van der Waals surface area (Å²) in [5, 5.41) is 14.0. The van der Waals surface area contributed by atoms with Crippen LogP contribution in [0.2, 0.25) is 0 Å². The lowest BCUT2D eigenvalue weighted by Gasteiger charge is -2.28. The number of benzene rings is 5. The zero-order valence-corrected chi connectivity index (χ0v) is 76.3. The minimum absolute atomic E-state index is 0.106. The van der Waals surface area contributed by atoms with Gasteiger partial charge in [0, 0.05) is 155 Å². The van der Waals surface area contributed by atoms with Crippen LogP contribution >= 0.6 is 34.0 Å². The van der Waals surface area contributed by atoms with Crippen molar-refractivity contribution in [3.05, 3.63) is 258 Å². The van der Waals surface area contributed by atoms with E-state index in [1.54, 1.807) is 76.1 Å². The Morgan fingerprint density at radius 2 is 0.786 bits per heavy atom. The van der Waals surface area contributed by atoms with Gasteiger partial charge in [-0.1, -0.05) is 109 Å². The number of aryl methyl sites for hydroxylation is 3. The van der Waals surface area contributed by atoms with Gasteiger partial charge in [0.15, 0.2) is 0 Å². The Morgan fingerprint density at radius 3 is 1.16 bits per heavy atom. The molecule has 662 valence electrons. The largest absolute Gasteiger partial charge is 0.481 e. The lowest BCUT2D eigenvalue weighted by atomic mass is 9.78. The number of hydrogen-bond donors (Lipinski definition) is 6. The van der Waals surface area contributed by atoms with Crippen LogP contribution in [0.4, 0.5) is 23.3 Å². The highest BCUT2D eigenvalue weighted by atomic mass is 32.1. The zero-order chi connectivity index (χ0) is 90.4.